The van der Waals surface area contributed by atoms with Gasteiger partial charge in [0.1, 0.15) is 0 Å². The summed E-state index contributed by atoms with van der Waals surface area (Å²) in [7, 11) is 0. The summed E-state index contributed by atoms with van der Waals surface area (Å²) in [6.07, 6.45) is 2.02. The fraction of sp³-hybridized carbons (Fsp3) is 1.00. The van der Waals surface area contributed by atoms with Crippen molar-refractivity contribution < 1.29 is 5.11 Å². The van der Waals surface area contributed by atoms with Crippen LogP contribution in [0.25, 0.3) is 0 Å². The fourth-order valence-corrected chi connectivity index (χ4v) is 1.86. The van der Waals surface area contributed by atoms with Crippen molar-refractivity contribution in [2.75, 3.05) is 25.4 Å². The standard InChI is InChI=1S/C9H19NOS/c1-8-7-10(4-2-6-12)5-3-9(8)11/h8-9,11-12H,2-7H2,1H3. The van der Waals surface area contributed by atoms with Gasteiger partial charge in [-0.3, -0.25) is 0 Å². The molecule has 12 heavy (non-hydrogen) atoms. The second-order valence-corrected chi connectivity index (χ2v) is 4.16. The van der Waals surface area contributed by atoms with E-state index in [2.05, 4.69) is 24.5 Å². The van der Waals surface area contributed by atoms with Crippen molar-refractivity contribution in [3.8, 4) is 0 Å². The first-order chi connectivity index (χ1) is 5.74. The second kappa shape index (κ2) is 5.10. The topological polar surface area (TPSA) is 23.5 Å². The van der Waals surface area contributed by atoms with Crippen LogP contribution in [0.4, 0.5) is 0 Å². The number of piperidine rings is 1. The maximum atomic E-state index is 9.48. The molecule has 2 nitrogen and oxygen atoms in total. The van der Waals surface area contributed by atoms with Crippen LogP contribution in [0.1, 0.15) is 19.8 Å². The van der Waals surface area contributed by atoms with Gasteiger partial charge >= 0.3 is 0 Å². The van der Waals surface area contributed by atoms with Crippen LogP contribution in [-0.4, -0.2) is 41.5 Å². The molecule has 1 aliphatic heterocycles. The SMILES string of the molecule is CC1CN(CCCS)CCC1O. The van der Waals surface area contributed by atoms with Crippen molar-refractivity contribution in [2.24, 2.45) is 5.92 Å². The van der Waals surface area contributed by atoms with Crippen LogP contribution >= 0.6 is 12.6 Å². The number of aliphatic hydroxyl groups is 1. The van der Waals surface area contributed by atoms with Crippen LogP contribution in [0.5, 0.6) is 0 Å². The molecule has 0 aromatic carbocycles. The van der Waals surface area contributed by atoms with Gasteiger partial charge in [0.2, 0.25) is 0 Å². The monoisotopic (exact) mass is 189 g/mol. The Kier molecular flexibility index (Phi) is 4.40. The van der Waals surface area contributed by atoms with Gasteiger partial charge in [-0.1, -0.05) is 6.92 Å². The molecule has 2 unspecified atom stereocenters. The van der Waals surface area contributed by atoms with Gasteiger partial charge < -0.3 is 10.0 Å². The molecule has 1 fully saturated rings. The van der Waals surface area contributed by atoms with Crippen molar-refractivity contribution in [2.45, 2.75) is 25.9 Å². The summed E-state index contributed by atoms with van der Waals surface area (Å²) in [6.45, 7) is 5.37. The fourth-order valence-electron chi connectivity index (χ4n) is 1.72. The number of rotatable bonds is 3. The molecule has 1 aliphatic rings. The van der Waals surface area contributed by atoms with Gasteiger partial charge in [-0.05, 0) is 31.1 Å². The van der Waals surface area contributed by atoms with E-state index < -0.39 is 0 Å². The van der Waals surface area contributed by atoms with E-state index in [4.69, 9.17) is 0 Å². The Morgan fingerprint density at radius 1 is 1.58 bits per heavy atom. The summed E-state index contributed by atoms with van der Waals surface area (Å²) in [5.74, 6) is 1.41. The lowest BCUT2D eigenvalue weighted by atomic mass is 9.97. The zero-order chi connectivity index (χ0) is 8.97. The van der Waals surface area contributed by atoms with Crippen LogP contribution in [0.15, 0.2) is 0 Å². The largest absolute Gasteiger partial charge is 0.393 e. The van der Waals surface area contributed by atoms with Crippen molar-refractivity contribution in [3.63, 3.8) is 0 Å². The highest BCUT2D eigenvalue weighted by Crippen LogP contribution is 2.16. The first kappa shape index (κ1) is 10.4. The summed E-state index contributed by atoms with van der Waals surface area (Å²) in [5, 5.41) is 9.48. The molecular weight excluding hydrogens is 170 g/mol. The minimum absolute atomic E-state index is 0.0720. The maximum absolute atomic E-state index is 9.48. The van der Waals surface area contributed by atoms with Crippen LogP contribution in [-0.2, 0) is 0 Å². The van der Waals surface area contributed by atoms with Crippen molar-refractivity contribution >= 4 is 12.6 Å². The highest BCUT2D eigenvalue weighted by Gasteiger charge is 2.23. The highest BCUT2D eigenvalue weighted by molar-refractivity contribution is 7.80. The van der Waals surface area contributed by atoms with Crippen LogP contribution in [0.2, 0.25) is 0 Å². The van der Waals surface area contributed by atoms with Crippen molar-refractivity contribution in [1.29, 1.82) is 0 Å². The lowest BCUT2D eigenvalue weighted by Gasteiger charge is -2.34. The zero-order valence-corrected chi connectivity index (χ0v) is 8.63. The van der Waals surface area contributed by atoms with Crippen molar-refractivity contribution in [3.05, 3.63) is 0 Å². The van der Waals surface area contributed by atoms with E-state index in [9.17, 15) is 5.11 Å². The molecule has 1 rings (SSSR count). The zero-order valence-electron chi connectivity index (χ0n) is 7.74. The number of hydrogen-bond donors (Lipinski definition) is 2. The van der Waals surface area contributed by atoms with E-state index >= 15 is 0 Å². The first-order valence-electron chi connectivity index (χ1n) is 4.75. The summed E-state index contributed by atoms with van der Waals surface area (Å²) < 4.78 is 0. The van der Waals surface area contributed by atoms with Gasteiger partial charge in [-0.2, -0.15) is 12.6 Å². The molecule has 72 valence electrons. The smallest absolute Gasteiger partial charge is 0.0590 e. The first-order valence-corrected chi connectivity index (χ1v) is 5.38. The molecular formula is C9H19NOS. The predicted octanol–water partition coefficient (Wildman–Crippen LogP) is 1.01. The average Bonchev–Trinajstić information content (AvgIpc) is 2.07. The van der Waals surface area contributed by atoms with Crippen LogP contribution in [0.3, 0.4) is 0 Å². The molecule has 1 N–H and O–H groups in total. The molecule has 0 saturated carbocycles. The number of likely N-dealkylation sites (tertiary alicyclic amines) is 1. The Labute approximate surface area is 80.4 Å². The Morgan fingerprint density at radius 3 is 2.92 bits per heavy atom. The van der Waals surface area contributed by atoms with Gasteiger partial charge in [0.05, 0.1) is 6.10 Å². The molecule has 0 aliphatic carbocycles. The normalized spacial score (nSPS) is 32.2. The van der Waals surface area contributed by atoms with E-state index in [0.717, 1.165) is 38.2 Å². The highest BCUT2D eigenvalue weighted by atomic mass is 32.1. The Balaban J connectivity index is 2.21. The van der Waals surface area contributed by atoms with E-state index in [1.54, 1.807) is 0 Å². The van der Waals surface area contributed by atoms with E-state index in [-0.39, 0.29) is 6.10 Å². The van der Waals surface area contributed by atoms with Crippen molar-refractivity contribution in [1.82, 2.24) is 4.90 Å². The Hall–Kier alpha value is 0.270. The third kappa shape index (κ3) is 2.96. The van der Waals surface area contributed by atoms with E-state index in [1.807, 2.05) is 0 Å². The predicted molar refractivity (Wildman–Crippen MR) is 54.7 cm³/mol. The lowest BCUT2D eigenvalue weighted by molar-refractivity contribution is 0.0353. The molecule has 3 heteroatoms. The van der Waals surface area contributed by atoms with E-state index in [1.165, 1.54) is 0 Å². The van der Waals surface area contributed by atoms with Gasteiger partial charge in [0, 0.05) is 13.1 Å². The minimum atomic E-state index is -0.0720. The number of thiol groups is 1. The molecule has 2 atom stereocenters. The molecule has 1 saturated heterocycles. The van der Waals surface area contributed by atoms with Crippen LogP contribution < -0.4 is 0 Å². The Morgan fingerprint density at radius 2 is 2.33 bits per heavy atom. The van der Waals surface area contributed by atoms with Gasteiger partial charge in [-0.15, -0.1) is 0 Å². The molecule has 0 amide bonds. The quantitative estimate of drug-likeness (QED) is 0.647. The van der Waals surface area contributed by atoms with Crippen LogP contribution in [0, 0.1) is 5.92 Å². The molecule has 0 spiro atoms. The lowest BCUT2D eigenvalue weighted by Crippen LogP contribution is -2.42. The maximum Gasteiger partial charge on any atom is 0.0590 e. The van der Waals surface area contributed by atoms with Gasteiger partial charge in [0.25, 0.3) is 0 Å². The second-order valence-electron chi connectivity index (χ2n) is 3.71. The molecule has 1 heterocycles. The Bertz CT molecular complexity index is 130. The summed E-state index contributed by atoms with van der Waals surface area (Å²) in [4.78, 5) is 2.42. The minimum Gasteiger partial charge on any atom is -0.393 e. The summed E-state index contributed by atoms with van der Waals surface area (Å²) >= 11 is 4.18. The summed E-state index contributed by atoms with van der Waals surface area (Å²) in [6, 6.07) is 0. The number of nitrogens with zero attached hydrogens (tertiary/aromatic N) is 1. The number of aliphatic hydroxyl groups excluding tert-OH is 1. The molecule has 0 aromatic rings. The average molecular weight is 189 g/mol. The molecule has 0 aromatic heterocycles. The van der Waals surface area contributed by atoms with E-state index in [0.29, 0.717) is 5.92 Å². The summed E-state index contributed by atoms with van der Waals surface area (Å²) in [5.41, 5.74) is 0. The third-order valence-electron chi connectivity index (χ3n) is 2.58. The number of hydrogen-bond acceptors (Lipinski definition) is 3. The van der Waals surface area contributed by atoms with Gasteiger partial charge in [-0.25, -0.2) is 0 Å². The van der Waals surface area contributed by atoms with Gasteiger partial charge in [0.15, 0.2) is 0 Å². The molecule has 0 bridgehead atoms. The molecule has 0 radical (unpaired) electrons. The third-order valence-corrected chi connectivity index (χ3v) is 2.89.